The molecular formula is C11H17N3O5. The summed E-state index contributed by atoms with van der Waals surface area (Å²) in [5, 5.41) is 21.8. The van der Waals surface area contributed by atoms with Crippen molar-refractivity contribution >= 4 is 11.7 Å². The summed E-state index contributed by atoms with van der Waals surface area (Å²) in [7, 11) is 1.47. The van der Waals surface area contributed by atoms with Gasteiger partial charge in [0.15, 0.2) is 5.69 Å². The maximum absolute atomic E-state index is 11.8. The summed E-state index contributed by atoms with van der Waals surface area (Å²) in [6.45, 7) is 1.09. The summed E-state index contributed by atoms with van der Waals surface area (Å²) in [5.41, 5.74) is 0.239. The topological polar surface area (TPSA) is 107 Å². The molecule has 0 saturated heterocycles. The summed E-state index contributed by atoms with van der Waals surface area (Å²) >= 11 is 0. The predicted molar refractivity (Wildman–Crippen MR) is 66.9 cm³/mol. The first-order valence-electron chi connectivity index (χ1n) is 5.85. The van der Waals surface area contributed by atoms with Gasteiger partial charge in [-0.05, 0) is 17.4 Å². The standard InChI is InChI=1S/C11H17N3O5/c1-13-9(3-4-10(13)14(17)18)11(16)12-5-2-7-19-8-6-15/h3-4,15H,2,5-8H2,1H3,(H,12,16). The van der Waals surface area contributed by atoms with Crippen LogP contribution in [0.25, 0.3) is 0 Å². The molecule has 1 aromatic rings. The predicted octanol–water partition coefficient (Wildman–Crippen LogP) is 0.0621. The maximum Gasteiger partial charge on any atom is 0.323 e. The lowest BCUT2D eigenvalue weighted by molar-refractivity contribution is -0.391. The monoisotopic (exact) mass is 271 g/mol. The molecule has 0 aromatic carbocycles. The molecular weight excluding hydrogens is 254 g/mol. The smallest absolute Gasteiger partial charge is 0.323 e. The van der Waals surface area contributed by atoms with Crippen LogP contribution in [-0.2, 0) is 11.8 Å². The van der Waals surface area contributed by atoms with Crippen molar-refractivity contribution in [2.75, 3.05) is 26.4 Å². The van der Waals surface area contributed by atoms with Crippen LogP contribution < -0.4 is 5.32 Å². The Bertz CT molecular complexity index is 444. The van der Waals surface area contributed by atoms with E-state index >= 15 is 0 Å². The molecule has 8 heteroatoms. The molecule has 0 aliphatic rings. The summed E-state index contributed by atoms with van der Waals surface area (Å²) in [6, 6.07) is 2.70. The van der Waals surface area contributed by atoms with Crippen LogP contribution in [0.2, 0.25) is 0 Å². The molecule has 0 aliphatic carbocycles. The molecule has 0 radical (unpaired) electrons. The van der Waals surface area contributed by atoms with E-state index in [4.69, 9.17) is 9.84 Å². The van der Waals surface area contributed by atoms with E-state index in [9.17, 15) is 14.9 Å². The highest BCUT2D eigenvalue weighted by atomic mass is 16.6. The van der Waals surface area contributed by atoms with Crippen LogP contribution in [-0.4, -0.2) is 46.9 Å². The van der Waals surface area contributed by atoms with Gasteiger partial charge in [0.05, 0.1) is 20.3 Å². The van der Waals surface area contributed by atoms with E-state index in [1.165, 1.54) is 23.7 Å². The lowest BCUT2D eigenvalue weighted by Gasteiger charge is -2.04. The zero-order chi connectivity index (χ0) is 14.3. The highest BCUT2D eigenvalue weighted by Gasteiger charge is 2.19. The van der Waals surface area contributed by atoms with E-state index < -0.39 is 4.92 Å². The molecule has 19 heavy (non-hydrogen) atoms. The van der Waals surface area contributed by atoms with E-state index in [0.717, 1.165) is 0 Å². The van der Waals surface area contributed by atoms with Crippen molar-refractivity contribution in [3.8, 4) is 0 Å². The third kappa shape index (κ3) is 4.34. The Morgan fingerprint density at radius 1 is 1.53 bits per heavy atom. The van der Waals surface area contributed by atoms with Crippen LogP contribution in [0, 0.1) is 10.1 Å². The Morgan fingerprint density at radius 3 is 2.84 bits per heavy atom. The molecule has 0 atom stereocenters. The highest BCUT2D eigenvalue weighted by Crippen LogP contribution is 2.14. The minimum Gasteiger partial charge on any atom is -0.394 e. The van der Waals surface area contributed by atoms with Gasteiger partial charge in [-0.1, -0.05) is 0 Å². The van der Waals surface area contributed by atoms with E-state index in [-0.39, 0.29) is 30.6 Å². The zero-order valence-corrected chi connectivity index (χ0v) is 10.7. The normalized spacial score (nSPS) is 10.4. The molecule has 106 valence electrons. The average molecular weight is 271 g/mol. The number of carbonyl (C=O) groups excluding carboxylic acids is 1. The Balaban J connectivity index is 2.40. The average Bonchev–Trinajstić information content (AvgIpc) is 2.75. The molecule has 0 fully saturated rings. The van der Waals surface area contributed by atoms with E-state index in [1.54, 1.807) is 0 Å². The minimum atomic E-state index is -0.542. The number of ether oxygens (including phenoxy) is 1. The third-order valence-electron chi connectivity index (χ3n) is 2.50. The molecule has 0 saturated carbocycles. The number of carbonyl (C=O) groups is 1. The number of rotatable bonds is 8. The van der Waals surface area contributed by atoms with Gasteiger partial charge in [-0.2, -0.15) is 0 Å². The van der Waals surface area contributed by atoms with Crippen LogP contribution in [0.5, 0.6) is 0 Å². The van der Waals surface area contributed by atoms with Crippen molar-refractivity contribution in [2.45, 2.75) is 6.42 Å². The van der Waals surface area contributed by atoms with Crippen molar-refractivity contribution in [3.63, 3.8) is 0 Å². The number of nitro groups is 1. The van der Waals surface area contributed by atoms with Crippen molar-refractivity contribution < 1.29 is 19.6 Å². The summed E-state index contributed by atoms with van der Waals surface area (Å²) in [5.74, 6) is -0.491. The van der Waals surface area contributed by atoms with Crippen LogP contribution in [0.3, 0.4) is 0 Å². The lowest BCUT2D eigenvalue weighted by atomic mass is 10.3. The number of aliphatic hydroxyl groups excluding tert-OH is 1. The molecule has 2 N–H and O–H groups in total. The van der Waals surface area contributed by atoms with Crippen LogP contribution >= 0.6 is 0 Å². The first kappa shape index (κ1) is 15.1. The van der Waals surface area contributed by atoms with Crippen LogP contribution in [0.4, 0.5) is 5.82 Å². The number of aliphatic hydroxyl groups is 1. The molecule has 1 aromatic heterocycles. The fourth-order valence-corrected chi connectivity index (χ4v) is 1.55. The highest BCUT2D eigenvalue weighted by molar-refractivity contribution is 5.93. The molecule has 1 rings (SSSR count). The summed E-state index contributed by atoms with van der Waals surface area (Å²) < 4.78 is 6.27. The molecule has 1 heterocycles. The van der Waals surface area contributed by atoms with Gasteiger partial charge in [-0.3, -0.25) is 4.79 Å². The second-order valence-electron chi connectivity index (χ2n) is 3.84. The fraction of sp³-hybridized carbons (Fsp3) is 0.545. The van der Waals surface area contributed by atoms with E-state index in [2.05, 4.69) is 5.32 Å². The van der Waals surface area contributed by atoms with E-state index in [0.29, 0.717) is 19.6 Å². The molecule has 0 unspecified atom stereocenters. The first-order chi connectivity index (χ1) is 9.07. The van der Waals surface area contributed by atoms with Gasteiger partial charge in [0.2, 0.25) is 0 Å². The summed E-state index contributed by atoms with van der Waals surface area (Å²) in [6.07, 6.45) is 0.609. The second kappa shape index (κ2) is 7.49. The largest absolute Gasteiger partial charge is 0.394 e. The Labute approximate surface area is 110 Å². The van der Waals surface area contributed by atoms with Crippen LogP contribution in [0.1, 0.15) is 16.9 Å². The van der Waals surface area contributed by atoms with Gasteiger partial charge in [0.25, 0.3) is 5.91 Å². The van der Waals surface area contributed by atoms with Gasteiger partial charge in [-0.25, -0.2) is 4.57 Å². The van der Waals surface area contributed by atoms with Crippen LogP contribution in [0.15, 0.2) is 12.1 Å². The van der Waals surface area contributed by atoms with Gasteiger partial charge in [0, 0.05) is 19.2 Å². The number of aromatic nitrogens is 1. The molecule has 1 amide bonds. The van der Waals surface area contributed by atoms with Crippen molar-refractivity contribution in [1.82, 2.24) is 9.88 Å². The minimum absolute atomic E-state index is 0.0284. The molecule has 0 bridgehead atoms. The van der Waals surface area contributed by atoms with Gasteiger partial charge >= 0.3 is 5.82 Å². The van der Waals surface area contributed by atoms with Crippen molar-refractivity contribution in [1.29, 1.82) is 0 Å². The van der Waals surface area contributed by atoms with E-state index in [1.807, 2.05) is 0 Å². The Hall–Kier alpha value is -1.93. The molecule has 8 nitrogen and oxygen atoms in total. The quantitative estimate of drug-likeness (QED) is 0.395. The third-order valence-corrected chi connectivity index (χ3v) is 2.50. The maximum atomic E-state index is 11.8. The molecule has 0 aliphatic heterocycles. The lowest BCUT2D eigenvalue weighted by Crippen LogP contribution is -2.27. The zero-order valence-electron chi connectivity index (χ0n) is 10.7. The van der Waals surface area contributed by atoms with Crippen molar-refractivity contribution in [2.24, 2.45) is 7.05 Å². The number of nitrogens with zero attached hydrogens (tertiary/aromatic N) is 2. The number of nitrogens with one attached hydrogen (secondary N) is 1. The Kier molecular flexibility index (Phi) is 5.97. The van der Waals surface area contributed by atoms with Crippen molar-refractivity contribution in [3.05, 3.63) is 27.9 Å². The van der Waals surface area contributed by atoms with Gasteiger partial charge in [-0.15, -0.1) is 0 Å². The summed E-state index contributed by atoms with van der Waals surface area (Å²) in [4.78, 5) is 21.8. The fourth-order valence-electron chi connectivity index (χ4n) is 1.55. The SMILES string of the molecule is Cn1c(C(=O)NCCCOCCO)ccc1[N+](=O)[O-]. The Morgan fingerprint density at radius 2 is 2.26 bits per heavy atom. The molecule has 0 spiro atoms. The first-order valence-corrected chi connectivity index (χ1v) is 5.85. The van der Waals surface area contributed by atoms with Gasteiger partial charge < -0.3 is 25.3 Å². The number of amides is 1. The number of hydrogen-bond acceptors (Lipinski definition) is 5. The second-order valence-corrected chi connectivity index (χ2v) is 3.84. The number of hydrogen-bond donors (Lipinski definition) is 2. The van der Waals surface area contributed by atoms with Gasteiger partial charge in [0.1, 0.15) is 0 Å².